The van der Waals surface area contributed by atoms with Crippen LogP contribution in [0.1, 0.15) is 46.2 Å². The number of thiazole rings is 1. The Morgan fingerprint density at radius 1 is 1.27 bits per heavy atom. The Morgan fingerprint density at radius 2 is 2.10 bits per heavy atom. The number of carbonyl (C=O) groups is 1. The van der Waals surface area contributed by atoms with Crippen molar-refractivity contribution in [2.45, 2.75) is 46.1 Å². The highest BCUT2D eigenvalue weighted by atomic mass is 32.1. The number of amides is 1. The third-order valence-electron chi connectivity index (χ3n) is 4.81. The number of aliphatic hydroxyl groups excluding tert-OH is 1. The number of aromatic nitrogens is 1. The molecule has 30 heavy (non-hydrogen) atoms. The summed E-state index contributed by atoms with van der Waals surface area (Å²) in [6.07, 6.45) is 0.869. The minimum Gasteiger partial charge on any atom is -0.493 e. The molecule has 0 aliphatic rings. The van der Waals surface area contributed by atoms with E-state index < -0.39 is 0 Å². The number of hydrogen-bond acceptors (Lipinski definition) is 7. The van der Waals surface area contributed by atoms with Crippen LogP contribution in [0.15, 0.2) is 41.1 Å². The van der Waals surface area contributed by atoms with Crippen molar-refractivity contribution in [2.24, 2.45) is 0 Å². The standard InChI is InChI=1S/C22H26N2O4S2/c1-4-15(2)24(22(26)20-6-5-9-29-20)11-16-7-8-18(27-3)19(10-16)28-13-21-23-17(12-25)14-30-21/h5-10,14-15,25H,4,11-13H2,1-3H3. The quantitative estimate of drug-likeness (QED) is 0.488. The summed E-state index contributed by atoms with van der Waals surface area (Å²) in [6.45, 7) is 4.83. The Hall–Kier alpha value is -2.42. The molecule has 1 unspecified atom stereocenters. The molecule has 0 radical (unpaired) electrons. The van der Waals surface area contributed by atoms with Crippen molar-refractivity contribution in [3.63, 3.8) is 0 Å². The van der Waals surface area contributed by atoms with Gasteiger partial charge in [0, 0.05) is 18.0 Å². The summed E-state index contributed by atoms with van der Waals surface area (Å²) in [5.41, 5.74) is 1.60. The van der Waals surface area contributed by atoms with E-state index in [0.717, 1.165) is 21.9 Å². The Morgan fingerprint density at radius 3 is 2.73 bits per heavy atom. The Balaban J connectivity index is 1.78. The van der Waals surface area contributed by atoms with Crippen molar-refractivity contribution < 1.29 is 19.4 Å². The third-order valence-corrected chi connectivity index (χ3v) is 6.54. The van der Waals surface area contributed by atoms with Crippen LogP contribution >= 0.6 is 22.7 Å². The number of nitrogens with zero attached hydrogens (tertiary/aromatic N) is 2. The minimum atomic E-state index is -0.0843. The summed E-state index contributed by atoms with van der Waals surface area (Å²) < 4.78 is 11.4. The van der Waals surface area contributed by atoms with Crippen molar-refractivity contribution >= 4 is 28.6 Å². The maximum Gasteiger partial charge on any atom is 0.264 e. The molecule has 1 N–H and O–H groups in total. The number of ether oxygens (including phenoxy) is 2. The second kappa shape index (κ2) is 10.6. The summed E-state index contributed by atoms with van der Waals surface area (Å²) in [4.78, 5) is 20.0. The van der Waals surface area contributed by atoms with Crippen LogP contribution in [-0.2, 0) is 19.8 Å². The van der Waals surface area contributed by atoms with Crippen molar-refractivity contribution in [1.29, 1.82) is 0 Å². The first-order chi connectivity index (χ1) is 14.5. The Kier molecular flexibility index (Phi) is 7.84. The van der Waals surface area contributed by atoms with E-state index in [1.54, 1.807) is 7.11 Å². The van der Waals surface area contributed by atoms with Crippen molar-refractivity contribution in [3.8, 4) is 11.5 Å². The third kappa shape index (κ3) is 5.38. The molecule has 0 fully saturated rings. The Labute approximate surface area is 184 Å². The van der Waals surface area contributed by atoms with Gasteiger partial charge in [-0.1, -0.05) is 19.1 Å². The number of benzene rings is 1. The van der Waals surface area contributed by atoms with Crippen LogP contribution in [0.4, 0.5) is 0 Å². The zero-order valence-electron chi connectivity index (χ0n) is 17.3. The average molecular weight is 447 g/mol. The predicted molar refractivity (Wildman–Crippen MR) is 119 cm³/mol. The van der Waals surface area contributed by atoms with Crippen LogP contribution in [-0.4, -0.2) is 34.0 Å². The first-order valence-electron chi connectivity index (χ1n) is 9.74. The molecule has 2 aromatic heterocycles. The number of rotatable bonds is 10. The lowest BCUT2D eigenvalue weighted by molar-refractivity contribution is 0.0676. The van der Waals surface area contributed by atoms with Crippen molar-refractivity contribution in [1.82, 2.24) is 9.88 Å². The molecular formula is C22H26N2O4S2. The van der Waals surface area contributed by atoms with Crippen LogP contribution < -0.4 is 9.47 Å². The molecule has 8 heteroatoms. The molecule has 0 saturated carbocycles. The molecular weight excluding hydrogens is 420 g/mol. The first-order valence-corrected chi connectivity index (χ1v) is 11.5. The first kappa shape index (κ1) is 22.3. The van der Waals surface area contributed by atoms with E-state index in [2.05, 4.69) is 18.8 Å². The molecule has 160 valence electrons. The molecule has 3 aromatic rings. The van der Waals surface area contributed by atoms with E-state index >= 15 is 0 Å². The van der Waals surface area contributed by atoms with E-state index in [1.807, 2.05) is 46.0 Å². The van der Waals surface area contributed by atoms with E-state index in [-0.39, 0.29) is 25.2 Å². The largest absolute Gasteiger partial charge is 0.493 e. The number of methoxy groups -OCH3 is 1. The monoisotopic (exact) mass is 446 g/mol. The van der Waals surface area contributed by atoms with Gasteiger partial charge >= 0.3 is 0 Å². The van der Waals surface area contributed by atoms with Gasteiger partial charge in [-0.3, -0.25) is 4.79 Å². The second-order valence-corrected chi connectivity index (χ2v) is 8.72. The summed E-state index contributed by atoms with van der Waals surface area (Å²) in [6, 6.07) is 9.59. The lowest BCUT2D eigenvalue weighted by Gasteiger charge is -2.28. The topological polar surface area (TPSA) is 71.9 Å². The molecule has 6 nitrogen and oxygen atoms in total. The summed E-state index contributed by atoms with van der Waals surface area (Å²) >= 11 is 2.90. The summed E-state index contributed by atoms with van der Waals surface area (Å²) in [7, 11) is 1.60. The van der Waals surface area contributed by atoms with E-state index in [0.29, 0.717) is 23.7 Å². The average Bonchev–Trinajstić information content (AvgIpc) is 3.47. The molecule has 1 aromatic carbocycles. The zero-order chi connectivity index (χ0) is 21.5. The maximum absolute atomic E-state index is 13.0. The van der Waals surface area contributed by atoms with Gasteiger partial charge in [-0.15, -0.1) is 22.7 Å². The maximum atomic E-state index is 13.0. The van der Waals surface area contributed by atoms with Gasteiger partial charge < -0.3 is 19.5 Å². The van der Waals surface area contributed by atoms with E-state index in [1.165, 1.54) is 22.7 Å². The Bertz CT molecular complexity index is 956. The van der Waals surface area contributed by atoms with Gasteiger partial charge in [0.1, 0.15) is 11.6 Å². The predicted octanol–water partition coefficient (Wildman–Crippen LogP) is 4.73. The van der Waals surface area contributed by atoms with Gasteiger partial charge in [0.15, 0.2) is 11.5 Å². The number of thiophene rings is 1. The lowest BCUT2D eigenvalue weighted by atomic mass is 10.1. The highest BCUT2D eigenvalue weighted by Gasteiger charge is 2.22. The van der Waals surface area contributed by atoms with Gasteiger partial charge in [0.05, 0.1) is 24.3 Å². The molecule has 2 heterocycles. The fourth-order valence-corrected chi connectivity index (χ4v) is 4.32. The van der Waals surface area contributed by atoms with E-state index in [4.69, 9.17) is 14.6 Å². The highest BCUT2D eigenvalue weighted by molar-refractivity contribution is 7.12. The molecule has 0 bridgehead atoms. The van der Waals surface area contributed by atoms with Crippen molar-refractivity contribution in [3.05, 3.63) is 62.2 Å². The van der Waals surface area contributed by atoms with Crippen molar-refractivity contribution in [2.75, 3.05) is 7.11 Å². The van der Waals surface area contributed by atoms with E-state index in [9.17, 15) is 4.79 Å². The van der Waals surface area contributed by atoms with Crippen LogP contribution in [0.3, 0.4) is 0 Å². The van der Waals surface area contributed by atoms with Crippen LogP contribution in [0.5, 0.6) is 11.5 Å². The number of carbonyl (C=O) groups excluding carboxylic acids is 1. The number of hydrogen-bond donors (Lipinski definition) is 1. The minimum absolute atomic E-state index is 0.0388. The smallest absolute Gasteiger partial charge is 0.264 e. The normalized spacial score (nSPS) is 11.9. The summed E-state index contributed by atoms with van der Waals surface area (Å²) in [5.74, 6) is 1.26. The zero-order valence-corrected chi connectivity index (χ0v) is 19.0. The van der Waals surface area contributed by atoms with Gasteiger partial charge in [-0.05, 0) is 42.5 Å². The summed E-state index contributed by atoms with van der Waals surface area (Å²) in [5, 5.41) is 13.7. The van der Waals surface area contributed by atoms with Gasteiger partial charge in [0.2, 0.25) is 0 Å². The second-order valence-electron chi connectivity index (χ2n) is 6.83. The van der Waals surface area contributed by atoms with Gasteiger partial charge in [-0.25, -0.2) is 4.98 Å². The SMILES string of the molecule is CCC(C)N(Cc1ccc(OC)c(OCc2nc(CO)cs2)c1)C(=O)c1cccs1. The molecule has 1 atom stereocenters. The molecule has 3 rings (SSSR count). The molecule has 0 aliphatic carbocycles. The van der Waals surface area contributed by atoms with Crippen LogP contribution in [0.2, 0.25) is 0 Å². The highest BCUT2D eigenvalue weighted by Crippen LogP contribution is 2.30. The van der Waals surface area contributed by atoms with Crippen LogP contribution in [0, 0.1) is 0 Å². The fourth-order valence-electron chi connectivity index (χ4n) is 2.95. The van der Waals surface area contributed by atoms with Gasteiger partial charge in [0.25, 0.3) is 5.91 Å². The molecule has 1 amide bonds. The van der Waals surface area contributed by atoms with Crippen LogP contribution in [0.25, 0.3) is 0 Å². The molecule has 0 spiro atoms. The number of aliphatic hydroxyl groups is 1. The lowest BCUT2D eigenvalue weighted by Crippen LogP contribution is -2.37. The van der Waals surface area contributed by atoms with Gasteiger partial charge in [-0.2, -0.15) is 0 Å². The molecule has 0 aliphatic heterocycles. The fraction of sp³-hybridized carbons (Fsp3) is 0.364. The molecule has 0 saturated heterocycles.